The van der Waals surface area contributed by atoms with Gasteiger partial charge in [0, 0.05) is 19.1 Å². The lowest BCUT2D eigenvalue weighted by atomic mass is 10.0. The average molecular weight is 269 g/mol. The Morgan fingerprint density at radius 2 is 2.00 bits per heavy atom. The number of halogens is 2. The van der Waals surface area contributed by atoms with Crippen molar-refractivity contribution in [3.05, 3.63) is 34.6 Å². The summed E-state index contributed by atoms with van der Waals surface area (Å²) in [5, 5.41) is 3.67. The molecule has 0 amide bonds. The molecule has 3 rings (SSSR count). The van der Waals surface area contributed by atoms with Crippen LogP contribution in [0.4, 0.5) is 4.39 Å². The van der Waals surface area contributed by atoms with E-state index in [9.17, 15) is 4.39 Å². The third kappa shape index (κ3) is 2.15. The highest BCUT2D eigenvalue weighted by molar-refractivity contribution is 6.30. The smallest absolute Gasteiger partial charge is 0.141 e. The number of benzene rings is 1. The van der Waals surface area contributed by atoms with Crippen LogP contribution in [0.5, 0.6) is 0 Å². The van der Waals surface area contributed by atoms with Crippen molar-refractivity contribution in [2.75, 3.05) is 26.2 Å². The number of nitrogens with zero attached hydrogens (tertiary/aromatic N) is 1. The lowest BCUT2D eigenvalue weighted by Crippen LogP contribution is -2.28. The summed E-state index contributed by atoms with van der Waals surface area (Å²) in [4.78, 5) is 2.49. The van der Waals surface area contributed by atoms with Crippen LogP contribution in [0.15, 0.2) is 18.2 Å². The summed E-state index contributed by atoms with van der Waals surface area (Å²) >= 11 is 5.86. The monoisotopic (exact) mass is 268 g/mol. The van der Waals surface area contributed by atoms with Crippen LogP contribution in [-0.4, -0.2) is 31.1 Å². The van der Waals surface area contributed by atoms with Gasteiger partial charge in [0.25, 0.3) is 0 Å². The van der Waals surface area contributed by atoms with Crippen molar-refractivity contribution in [3.63, 3.8) is 0 Å². The molecule has 98 valence electrons. The van der Waals surface area contributed by atoms with Crippen LogP contribution in [-0.2, 0) is 0 Å². The summed E-state index contributed by atoms with van der Waals surface area (Å²) < 4.78 is 13.2. The van der Waals surface area contributed by atoms with Crippen LogP contribution >= 0.6 is 11.6 Å². The zero-order valence-electron chi connectivity index (χ0n) is 10.5. The highest BCUT2D eigenvalue weighted by atomic mass is 35.5. The molecule has 0 radical (unpaired) electrons. The number of nitrogens with one attached hydrogen (secondary N) is 1. The highest BCUT2D eigenvalue weighted by Gasteiger charge is 2.37. The van der Waals surface area contributed by atoms with Gasteiger partial charge in [0.2, 0.25) is 0 Å². The van der Waals surface area contributed by atoms with Crippen molar-refractivity contribution >= 4 is 11.6 Å². The second kappa shape index (κ2) is 4.80. The standard InChI is InChI=1S/C14H18ClFN2/c1-9(10-2-3-14(16)13(15)4-10)18-7-11-5-17-6-12(11)8-18/h2-4,9,11-12,17H,5-8H2,1H3/t9?,11-,12+. The van der Waals surface area contributed by atoms with E-state index in [1.54, 1.807) is 6.07 Å². The van der Waals surface area contributed by atoms with Gasteiger partial charge in [0.05, 0.1) is 5.02 Å². The predicted octanol–water partition coefficient (Wildman–Crippen LogP) is 2.69. The molecule has 0 bridgehead atoms. The number of hydrogen-bond acceptors (Lipinski definition) is 2. The predicted molar refractivity (Wildman–Crippen MR) is 71.2 cm³/mol. The minimum Gasteiger partial charge on any atom is -0.316 e. The van der Waals surface area contributed by atoms with E-state index in [0.29, 0.717) is 6.04 Å². The number of rotatable bonds is 2. The third-order valence-electron chi connectivity index (χ3n) is 4.39. The van der Waals surface area contributed by atoms with Gasteiger partial charge in [-0.05, 0) is 49.5 Å². The Hall–Kier alpha value is -0.640. The molecule has 3 atom stereocenters. The summed E-state index contributed by atoms with van der Waals surface area (Å²) in [6.07, 6.45) is 0. The van der Waals surface area contributed by atoms with E-state index in [1.807, 2.05) is 6.07 Å². The number of hydrogen-bond donors (Lipinski definition) is 1. The normalized spacial score (nSPS) is 29.5. The Balaban J connectivity index is 1.74. The molecule has 0 spiro atoms. The zero-order chi connectivity index (χ0) is 12.7. The Morgan fingerprint density at radius 3 is 2.61 bits per heavy atom. The quantitative estimate of drug-likeness (QED) is 0.887. The topological polar surface area (TPSA) is 15.3 Å². The van der Waals surface area contributed by atoms with E-state index in [4.69, 9.17) is 11.6 Å². The molecule has 4 heteroatoms. The van der Waals surface area contributed by atoms with Crippen LogP contribution in [0, 0.1) is 17.7 Å². The third-order valence-corrected chi connectivity index (χ3v) is 4.68. The van der Waals surface area contributed by atoms with E-state index in [-0.39, 0.29) is 10.8 Å². The van der Waals surface area contributed by atoms with Crippen LogP contribution in [0.25, 0.3) is 0 Å². The Bertz CT molecular complexity index is 439. The van der Waals surface area contributed by atoms with Crippen LogP contribution < -0.4 is 5.32 Å². The van der Waals surface area contributed by atoms with E-state index < -0.39 is 0 Å². The van der Waals surface area contributed by atoms with E-state index in [0.717, 1.165) is 43.6 Å². The number of fused-ring (bicyclic) bond motifs is 1. The summed E-state index contributed by atoms with van der Waals surface area (Å²) in [7, 11) is 0. The van der Waals surface area contributed by atoms with Crippen LogP contribution in [0.1, 0.15) is 18.5 Å². The first-order chi connectivity index (χ1) is 8.65. The van der Waals surface area contributed by atoms with Gasteiger partial charge in [0.1, 0.15) is 5.82 Å². The molecule has 2 nitrogen and oxygen atoms in total. The molecular weight excluding hydrogens is 251 g/mol. The summed E-state index contributed by atoms with van der Waals surface area (Å²) in [5.74, 6) is 1.22. The Kier molecular flexibility index (Phi) is 3.31. The van der Waals surface area contributed by atoms with Crippen molar-refractivity contribution in [1.29, 1.82) is 0 Å². The van der Waals surface area contributed by atoms with Gasteiger partial charge >= 0.3 is 0 Å². The SMILES string of the molecule is CC(c1ccc(F)c(Cl)c1)N1C[C@H]2CNC[C@H]2C1. The van der Waals surface area contributed by atoms with Gasteiger partial charge < -0.3 is 5.32 Å². The van der Waals surface area contributed by atoms with Gasteiger partial charge in [-0.1, -0.05) is 17.7 Å². The average Bonchev–Trinajstić information content (AvgIpc) is 2.92. The fraction of sp³-hybridized carbons (Fsp3) is 0.571. The molecule has 2 aliphatic heterocycles. The fourth-order valence-corrected chi connectivity index (χ4v) is 3.38. The molecule has 2 heterocycles. The van der Waals surface area contributed by atoms with Gasteiger partial charge in [-0.3, -0.25) is 4.90 Å². The molecule has 0 aliphatic carbocycles. The first-order valence-electron chi connectivity index (χ1n) is 6.55. The largest absolute Gasteiger partial charge is 0.316 e. The second-order valence-electron chi connectivity index (χ2n) is 5.48. The molecule has 1 N–H and O–H groups in total. The lowest BCUT2D eigenvalue weighted by molar-refractivity contribution is 0.244. The van der Waals surface area contributed by atoms with Crippen molar-refractivity contribution in [3.8, 4) is 0 Å². The minimum atomic E-state index is -0.338. The maximum absolute atomic E-state index is 13.2. The lowest BCUT2D eigenvalue weighted by Gasteiger charge is -2.25. The maximum Gasteiger partial charge on any atom is 0.141 e. The molecule has 18 heavy (non-hydrogen) atoms. The van der Waals surface area contributed by atoms with Crippen molar-refractivity contribution < 1.29 is 4.39 Å². The summed E-state index contributed by atoms with van der Waals surface area (Å²) in [6.45, 7) is 6.72. The van der Waals surface area contributed by atoms with Crippen molar-refractivity contribution in [2.24, 2.45) is 11.8 Å². The van der Waals surface area contributed by atoms with Crippen LogP contribution in [0.2, 0.25) is 5.02 Å². The van der Waals surface area contributed by atoms with Gasteiger partial charge in [-0.2, -0.15) is 0 Å². The maximum atomic E-state index is 13.2. The van der Waals surface area contributed by atoms with Gasteiger partial charge in [0.15, 0.2) is 0 Å². The van der Waals surface area contributed by atoms with Crippen molar-refractivity contribution in [2.45, 2.75) is 13.0 Å². The molecule has 0 saturated carbocycles. The second-order valence-corrected chi connectivity index (χ2v) is 5.89. The van der Waals surface area contributed by atoms with E-state index >= 15 is 0 Å². The van der Waals surface area contributed by atoms with E-state index in [1.165, 1.54) is 6.07 Å². The van der Waals surface area contributed by atoms with Gasteiger partial charge in [-0.15, -0.1) is 0 Å². The fourth-order valence-electron chi connectivity index (χ4n) is 3.19. The Labute approximate surface area is 112 Å². The van der Waals surface area contributed by atoms with E-state index in [2.05, 4.69) is 17.1 Å². The first-order valence-corrected chi connectivity index (χ1v) is 6.92. The molecule has 0 aromatic heterocycles. The first kappa shape index (κ1) is 12.4. The van der Waals surface area contributed by atoms with Crippen molar-refractivity contribution in [1.82, 2.24) is 10.2 Å². The van der Waals surface area contributed by atoms with Gasteiger partial charge in [-0.25, -0.2) is 4.39 Å². The Morgan fingerprint density at radius 1 is 1.33 bits per heavy atom. The summed E-state index contributed by atoms with van der Waals surface area (Å²) in [5.41, 5.74) is 1.11. The number of likely N-dealkylation sites (tertiary alicyclic amines) is 1. The molecule has 1 aromatic rings. The molecule has 1 unspecified atom stereocenters. The zero-order valence-corrected chi connectivity index (χ0v) is 11.3. The summed E-state index contributed by atoms with van der Waals surface area (Å²) in [6, 6.07) is 5.38. The molecule has 2 saturated heterocycles. The highest BCUT2D eigenvalue weighted by Crippen LogP contribution is 2.33. The molecular formula is C14H18ClFN2. The molecule has 2 aliphatic rings. The van der Waals surface area contributed by atoms with Crippen LogP contribution in [0.3, 0.4) is 0 Å². The molecule has 1 aromatic carbocycles. The molecule has 2 fully saturated rings. The minimum absolute atomic E-state index is 0.223.